The van der Waals surface area contributed by atoms with Crippen molar-refractivity contribution in [3.63, 3.8) is 0 Å². The molecule has 1 amide bonds. The summed E-state index contributed by atoms with van der Waals surface area (Å²) in [7, 11) is 0. The lowest BCUT2D eigenvalue weighted by Gasteiger charge is -2.40. The SMILES string of the molecule is O=C(C1CC(C(F)(F)F)Cc2nn(CC3C=CC=C(C(F)(F)F)O3)c(=O)n21)N1CC(O)C1. The molecule has 32 heavy (non-hydrogen) atoms. The number of carbonyl (C=O) groups excluding carboxylic acids is 1. The number of nitrogens with zero attached hydrogens (tertiary/aromatic N) is 4. The first-order valence-corrected chi connectivity index (χ1v) is 9.68. The van der Waals surface area contributed by atoms with E-state index in [1.807, 2.05) is 0 Å². The van der Waals surface area contributed by atoms with Gasteiger partial charge in [0, 0.05) is 19.5 Å². The van der Waals surface area contributed by atoms with Gasteiger partial charge in [-0.05, 0) is 18.6 Å². The Hall–Kier alpha value is -2.77. The van der Waals surface area contributed by atoms with E-state index in [-0.39, 0.29) is 18.9 Å². The molecule has 1 aromatic heterocycles. The summed E-state index contributed by atoms with van der Waals surface area (Å²) < 4.78 is 85.3. The van der Waals surface area contributed by atoms with Crippen molar-refractivity contribution in [1.29, 1.82) is 0 Å². The molecule has 1 fully saturated rings. The number of halogens is 6. The van der Waals surface area contributed by atoms with E-state index in [2.05, 4.69) is 5.10 Å². The number of β-amino-alcohol motifs (C(OH)–C–C–N with tert-alkyl or cyclic N) is 1. The summed E-state index contributed by atoms with van der Waals surface area (Å²) in [5, 5.41) is 13.3. The summed E-state index contributed by atoms with van der Waals surface area (Å²) in [5.74, 6) is -4.22. The minimum Gasteiger partial charge on any atom is -0.479 e. The molecule has 0 radical (unpaired) electrons. The summed E-state index contributed by atoms with van der Waals surface area (Å²) in [5.41, 5.74) is -0.917. The fourth-order valence-corrected chi connectivity index (χ4v) is 3.96. The number of ether oxygens (including phenoxy) is 1. The van der Waals surface area contributed by atoms with Crippen LogP contribution in [0, 0.1) is 5.92 Å². The lowest BCUT2D eigenvalue weighted by molar-refractivity contribution is -0.184. The van der Waals surface area contributed by atoms with Crippen LogP contribution in [0.4, 0.5) is 26.3 Å². The van der Waals surface area contributed by atoms with E-state index in [0.29, 0.717) is 10.8 Å². The summed E-state index contributed by atoms with van der Waals surface area (Å²) >= 11 is 0. The third-order valence-electron chi connectivity index (χ3n) is 5.60. The van der Waals surface area contributed by atoms with Gasteiger partial charge < -0.3 is 14.7 Å². The molecule has 14 heteroatoms. The lowest BCUT2D eigenvalue weighted by Crippen LogP contribution is -2.57. The van der Waals surface area contributed by atoms with Crippen LogP contribution < -0.4 is 5.69 Å². The maximum atomic E-state index is 13.4. The van der Waals surface area contributed by atoms with Crippen molar-refractivity contribution < 1.29 is 41.0 Å². The average molecular weight is 468 g/mol. The summed E-state index contributed by atoms with van der Waals surface area (Å²) in [6, 6.07) is -1.48. The molecule has 1 N–H and O–H groups in total. The summed E-state index contributed by atoms with van der Waals surface area (Å²) in [6.45, 7) is -0.599. The molecular weight excluding hydrogens is 450 g/mol. The largest absolute Gasteiger partial charge is 0.479 e. The van der Waals surface area contributed by atoms with Gasteiger partial charge in [0.25, 0.3) is 0 Å². The Morgan fingerprint density at radius 3 is 2.50 bits per heavy atom. The van der Waals surface area contributed by atoms with Gasteiger partial charge in [-0.15, -0.1) is 0 Å². The zero-order valence-electron chi connectivity index (χ0n) is 16.3. The van der Waals surface area contributed by atoms with E-state index >= 15 is 0 Å². The highest BCUT2D eigenvalue weighted by Gasteiger charge is 2.49. The number of alkyl halides is 6. The van der Waals surface area contributed by atoms with Gasteiger partial charge in [-0.1, -0.05) is 6.08 Å². The molecule has 176 valence electrons. The predicted molar refractivity (Wildman–Crippen MR) is 94.1 cm³/mol. The second kappa shape index (κ2) is 7.67. The Kier molecular flexibility index (Phi) is 5.38. The average Bonchev–Trinajstić information content (AvgIpc) is 2.99. The molecular formula is C18H18F6N4O4. The fraction of sp³-hybridized carbons (Fsp3) is 0.611. The molecule has 1 aromatic rings. The number of rotatable bonds is 3. The second-order valence-electron chi connectivity index (χ2n) is 7.91. The van der Waals surface area contributed by atoms with Gasteiger partial charge in [0.1, 0.15) is 18.0 Å². The molecule has 0 bridgehead atoms. The van der Waals surface area contributed by atoms with E-state index in [9.17, 15) is 41.0 Å². The molecule has 1 saturated heterocycles. The number of hydrogen-bond acceptors (Lipinski definition) is 5. The molecule has 3 atom stereocenters. The van der Waals surface area contributed by atoms with Crippen molar-refractivity contribution in [3.8, 4) is 0 Å². The number of carbonyl (C=O) groups is 1. The molecule has 0 aliphatic carbocycles. The molecule has 3 aliphatic heterocycles. The highest BCUT2D eigenvalue weighted by molar-refractivity contribution is 5.81. The van der Waals surface area contributed by atoms with Crippen molar-refractivity contribution in [3.05, 3.63) is 40.3 Å². The Morgan fingerprint density at radius 2 is 1.91 bits per heavy atom. The predicted octanol–water partition coefficient (Wildman–Crippen LogP) is 1.31. The number of likely N-dealkylation sites (tertiary alicyclic amines) is 1. The van der Waals surface area contributed by atoms with Crippen molar-refractivity contribution in [1.82, 2.24) is 19.2 Å². The Balaban J connectivity index is 1.62. The first-order chi connectivity index (χ1) is 14.8. The number of fused-ring (bicyclic) bond motifs is 1. The lowest BCUT2D eigenvalue weighted by atomic mass is 9.90. The summed E-state index contributed by atoms with van der Waals surface area (Å²) in [4.78, 5) is 26.8. The number of aliphatic hydroxyl groups is 1. The third kappa shape index (κ3) is 4.14. The zero-order valence-corrected chi connectivity index (χ0v) is 16.3. The molecule has 0 aromatic carbocycles. The molecule has 0 saturated carbocycles. The third-order valence-corrected chi connectivity index (χ3v) is 5.60. The van der Waals surface area contributed by atoms with E-state index in [4.69, 9.17) is 4.74 Å². The van der Waals surface area contributed by atoms with Crippen LogP contribution in [0.1, 0.15) is 18.3 Å². The maximum Gasteiger partial charge on any atom is 0.448 e. The number of allylic oxidation sites excluding steroid dienone is 3. The molecule has 3 unspecified atom stereocenters. The normalized spacial score (nSPS) is 26.3. The Bertz CT molecular complexity index is 1020. The van der Waals surface area contributed by atoms with Crippen molar-refractivity contribution >= 4 is 5.91 Å². The summed E-state index contributed by atoms with van der Waals surface area (Å²) in [6.07, 6.45) is -9.67. The second-order valence-corrected chi connectivity index (χ2v) is 7.91. The van der Waals surface area contributed by atoms with Crippen molar-refractivity contribution in [2.75, 3.05) is 13.1 Å². The maximum absolute atomic E-state index is 13.4. The zero-order chi connectivity index (χ0) is 23.4. The van der Waals surface area contributed by atoms with E-state index in [0.717, 1.165) is 15.5 Å². The van der Waals surface area contributed by atoms with Crippen LogP contribution in [0.25, 0.3) is 0 Å². The minimum absolute atomic E-state index is 0.0580. The Labute approximate surface area is 176 Å². The van der Waals surface area contributed by atoms with Crippen molar-refractivity contribution in [2.45, 2.75) is 50.0 Å². The monoisotopic (exact) mass is 468 g/mol. The smallest absolute Gasteiger partial charge is 0.448 e. The Morgan fingerprint density at radius 1 is 1.22 bits per heavy atom. The number of aromatic nitrogens is 3. The topological polar surface area (TPSA) is 89.6 Å². The number of amides is 1. The highest BCUT2D eigenvalue weighted by atomic mass is 19.4. The number of hydrogen-bond donors (Lipinski definition) is 1. The van der Waals surface area contributed by atoms with Crippen LogP contribution >= 0.6 is 0 Å². The van der Waals surface area contributed by atoms with Gasteiger partial charge >= 0.3 is 18.0 Å². The van der Waals surface area contributed by atoms with Crippen LogP contribution in [0.3, 0.4) is 0 Å². The van der Waals surface area contributed by atoms with Gasteiger partial charge in [0.15, 0.2) is 0 Å². The molecule has 3 aliphatic rings. The first kappa shape index (κ1) is 22.4. The van der Waals surface area contributed by atoms with Crippen LogP contribution in [0.15, 0.2) is 28.8 Å². The van der Waals surface area contributed by atoms with E-state index < -0.39 is 73.3 Å². The molecule has 8 nitrogen and oxygen atoms in total. The van der Waals surface area contributed by atoms with Crippen molar-refractivity contribution in [2.24, 2.45) is 5.92 Å². The van der Waals surface area contributed by atoms with Gasteiger partial charge in [0.2, 0.25) is 11.7 Å². The first-order valence-electron chi connectivity index (χ1n) is 9.68. The van der Waals surface area contributed by atoms with Gasteiger partial charge in [-0.3, -0.25) is 9.36 Å². The molecule has 4 rings (SSSR count). The van der Waals surface area contributed by atoms with E-state index in [1.54, 1.807) is 0 Å². The quantitative estimate of drug-likeness (QED) is 0.676. The fourth-order valence-electron chi connectivity index (χ4n) is 3.96. The van der Waals surface area contributed by atoms with Gasteiger partial charge in [-0.2, -0.15) is 31.4 Å². The standard InChI is InChI=1S/C18H18F6N4O4/c19-17(20,21)9-4-12(15(30)26-6-10(29)7-26)28-14(5-9)25-27(16(28)31)8-11-2-1-3-13(32-11)18(22,23)24/h1-3,9-12,29H,4-8H2. The van der Waals surface area contributed by atoms with Crippen LogP contribution in [-0.2, 0) is 22.5 Å². The molecule has 0 spiro atoms. The van der Waals surface area contributed by atoms with E-state index in [1.165, 1.54) is 6.08 Å². The number of aliphatic hydroxyl groups excluding tert-OH is 1. The minimum atomic E-state index is -4.75. The van der Waals surface area contributed by atoms with Crippen LogP contribution in [-0.4, -0.2) is 67.9 Å². The van der Waals surface area contributed by atoms with Crippen LogP contribution in [0.5, 0.6) is 0 Å². The van der Waals surface area contributed by atoms with Gasteiger partial charge in [0.05, 0.1) is 18.6 Å². The van der Waals surface area contributed by atoms with Crippen LogP contribution in [0.2, 0.25) is 0 Å². The molecule has 4 heterocycles. The highest BCUT2D eigenvalue weighted by Crippen LogP contribution is 2.39. The van der Waals surface area contributed by atoms with Gasteiger partial charge in [-0.25, -0.2) is 9.48 Å².